The minimum absolute atomic E-state index is 0.333. The Hall–Kier alpha value is -2.59. The third kappa shape index (κ3) is 3.15. The molecule has 3 amide bonds. The normalized spacial score (nSPS) is 26.6. The molecule has 0 radical (unpaired) electrons. The molecule has 4 N–H and O–H groups in total. The van der Waals surface area contributed by atoms with Gasteiger partial charge in [-0.25, -0.2) is 10.6 Å². The summed E-state index contributed by atoms with van der Waals surface area (Å²) in [6.07, 6.45) is 0.333. The summed E-state index contributed by atoms with van der Waals surface area (Å²) in [4.78, 5) is 49.2. The Labute approximate surface area is 159 Å². The zero-order valence-electron chi connectivity index (χ0n) is 14.7. The highest BCUT2D eigenvalue weighted by Gasteiger charge is 2.64. The lowest BCUT2D eigenvalue weighted by Gasteiger charge is -2.44. The van der Waals surface area contributed by atoms with Crippen molar-refractivity contribution >= 4 is 36.0 Å². The van der Waals surface area contributed by atoms with Gasteiger partial charge in [0, 0.05) is 4.75 Å². The molecule has 0 aliphatic carbocycles. The Morgan fingerprint density at radius 3 is 2.56 bits per heavy atom. The first kappa shape index (κ1) is 19.2. The highest BCUT2D eigenvalue weighted by atomic mass is 32.2. The Balaban J connectivity index is 1.79. The number of benzene rings is 1. The summed E-state index contributed by atoms with van der Waals surface area (Å²) in [6, 6.07) is 5.55. The van der Waals surface area contributed by atoms with Crippen LogP contribution in [0.2, 0.25) is 0 Å². The lowest BCUT2D eigenvalue weighted by atomic mass is 9.95. The lowest BCUT2D eigenvalue weighted by molar-refractivity contribution is -0.161. The van der Waals surface area contributed by atoms with Crippen LogP contribution in [0.5, 0.6) is 0 Å². The van der Waals surface area contributed by atoms with Gasteiger partial charge in [0.25, 0.3) is 0 Å². The molecule has 1 aromatic rings. The van der Waals surface area contributed by atoms with Gasteiger partial charge in [0.1, 0.15) is 17.5 Å². The predicted molar refractivity (Wildman–Crippen MR) is 96.9 cm³/mol. The quantitative estimate of drug-likeness (QED) is 0.199. The highest BCUT2D eigenvalue weighted by Crippen LogP contribution is 2.50. The molecular weight excluding hydrogens is 372 g/mol. The van der Waals surface area contributed by atoms with Gasteiger partial charge < -0.3 is 15.3 Å². The molecule has 10 heteroatoms. The first-order chi connectivity index (χ1) is 12.7. The molecule has 2 aliphatic rings. The fourth-order valence-corrected chi connectivity index (χ4v) is 5.16. The summed E-state index contributed by atoms with van der Waals surface area (Å²) in [6.45, 7) is 3.50. The van der Waals surface area contributed by atoms with Gasteiger partial charge in [-0.1, -0.05) is 30.3 Å². The van der Waals surface area contributed by atoms with Crippen LogP contribution in [0.25, 0.3) is 0 Å². The van der Waals surface area contributed by atoms with Crippen molar-refractivity contribution in [3.63, 3.8) is 0 Å². The molecule has 0 saturated carbocycles. The molecule has 9 nitrogen and oxygen atoms in total. The van der Waals surface area contributed by atoms with Gasteiger partial charge in [-0.05, 0) is 19.4 Å². The second kappa shape index (κ2) is 6.86. The maximum Gasteiger partial charge on any atom is 0.327 e. The SMILES string of the molecule is CC1(C)S[C@@H]2[C@@H](NC(=O)C(c3ccccc3)N(N)C=O)C(=O)N2[C@H]1C(=O)O. The number of nitrogens with two attached hydrogens (primary N) is 1. The summed E-state index contributed by atoms with van der Waals surface area (Å²) in [5, 5.41) is 12.3. The highest BCUT2D eigenvalue weighted by molar-refractivity contribution is 8.01. The number of carboxylic acid groups (broad SMARTS) is 1. The van der Waals surface area contributed by atoms with Gasteiger partial charge in [0.2, 0.25) is 18.2 Å². The van der Waals surface area contributed by atoms with Gasteiger partial charge in [0.15, 0.2) is 6.04 Å². The number of thioether (sulfide) groups is 1. The number of nitrogens with one attached hydrogen (secondary N) is 1. The summed E-state index contributed by atoms with van der Waals surface area (Å²) in [7, 11) is 0. The predicted octanol–water partition coefficient (Wildman–Crippen LogP) is -0.308. The number of carboxylic acids is 1. The molecule has 3 rings (SSSR count). The summed E-state index contributed by atoms with van der Waals surface area (Å²) in [5.41, 5.74) is 0.496. The summed E-state index contributed by atoms with van der Waals surface area (Å²) < 4.78 is -0.687. The molecule has 0 bridgehead atoms. The standard InChI is InChI=1S/C17H20N4O5S/c1-17(2)12(16(25)26)21-14(24)10(15(21)27-17)19-13(23)11(20(18)8-22)9-6-4-3-5-7-9/h3-8,10-12,15H,18H2,1-2H3,(H,19,23)(H,25,26)/t10-,11?,12-,15+/m0/s1. The molecule has 2 fully saturated rings. The van der Waals surface area contributed by atoms with Crippen LogP contribution in [-0.4, -0.2) is 61.4 Å². The summed E-state index contributed by atoms with van der Waals surface area (Å²) >= 11 is 1.32. The van der Waals surface area contributed by atoms with Crippen molar-refractivity contribution in [1.82, 2.24) is 15.2 Å². The topological polar surface area (TPSA) is 133 Å². The van der Waals surface area contributed by atoms with Crippen LogP contribution in [-0.2, 0) is 19.2 Å². The number of fused-ring (bicyclic) bond motifs is 1. The van der Waals surface area contributed by atoms with E-state index >= 15 is 0 Å². The van der Waals surface area contributed by atoms with E-state index < -0.39 is 46.0 Å². The van der Waals surface area contributed by atoms with Gasteiger partial charge in [-0.15, -0.1) is 11.8 Å². The van der Waals surface area contributed by atoms with E-state index in [9.17, 15) is 24.3 Å². The number of rotatable bonds is 6. The van der Waals surface area contributed by atoms with E-state index in [0.717, 1.165) is 5.01 Å². The van der Waals surface area contributed by atoms with Crippen LogP contribution < -0.4 is 11.2 Å². The number of hydrazine groups is 1. The average molecular weight is 392 g/mol. The van der Waals surface area contributed by atoms with Crippen molar-refractivity contribution in [3.05, 3.63) is 35.9 Å². The van der Waals surface area contributed by atoms with Crippen molar-refractivity contribution in [1.29, 1.82) is 0 Å². The lowest BCUT2D eigenvalue weighted by Crippen LogP contribution is -2.71. The first-order valence-electron chi connectivity index (χ1n) is 8.25. The van der Waals surface area contributed by atoms with Crippen LogP contribution >= 0.6 is 11.8 Å². The van der Waals surface area contributed by atoms with Crippen LogP contribution in [0, 0.1) is 0 Å². The third-order valence-electron chi connectivity index (χ3n) is 4.76. The van der Waals surface area contributed by atoms with Crippen LogP contribution in [0.1, 0.15) is 25.5 Å². The zero-order valence-corrected chi connectivity index (χ0v) is 15.6. The molecule has 4 atom stereocenters. The fraction of sp³-hybridized carbons (Fsp3) is 0.412. The van der Waals surface area contributed by atoms with Crippen molar-refractivity contribution in [2.24, 2.45) is 5.84 Å². The number of amides is 3. The van der Waals surface area contributed by atoms with E-state index in [1.807, 2.05) is 0 Å². The molecule has 2 aliphatic heterocycles. The maximum atomic E-state index is 12.8. The smallest absolute Gasteiger partial charge is 0.327 e. The van der Waals surface area contributed by atoms with Crippen molar-refractivity contribution < 1.29 is 24.3 Å². The van der Waals surface area contributed by atoms with Crippen molar-refractivity contribution in [2.75, 3.05) is 0 Å². The van der Waals surface area contributed by atoms with E-state index in [4.69, 9.17) is 5.84 Å². The molecular formula is C17H20N4O5S. The maximum absolute atomic E-state index is 12.8. The first-order valence-corrected chi connectivity index (χ1v) is 9.13. The number of hydrogen-bond donors (Lipinski definition) is 3. The zero-order chi connectivity index (χ0) is 19.9. The van der Waals surface area contributed by atoms with E-state index in [0.29, 0.717) is 12.0 Å². The van der Waals surface area contributed by atoms with Gasteiger partial charge in [-0.3, -0.25) is 19.4 Å². The number of β-lactam (4-membered cyclic amide) rings is 1. The second-order valence-corrected chi connectivity index (χ2v) is 8.72. The van der Waals surface area contributed by atoms with E-state index in [1.165, 1.54) is 16.7 Å². The molecule has 27 heavy (non-hydrogen) atoms. The second-order valence-electron chi connectivity index (χ2n) is 6.95. The largest absolute Gasteiger partial charge is 0.480 e. The average Bonchev–Trinajstić information content (AvgIpc) is 2.88. The molecule has 1 unspecified atom stereocenters. The minimum atomic E-state index is -1.10. The molecule has 2 saturated heterocycles. The van der Waals surface area contributed by atoms with Crippen LogP contribution in [0.4, 0.5) is 0 Å². The molecule has 1 aromatic carbocycles. The van der Waals surface area contributed by atoms with Crippen LogP contribution in [0.3, 0.4) is 0 Å². The molecule has 144 valence electrons. The summed E-state index contributed by atoms with van der Waals surface area (Å²) in [5.74, 6) is 3.51. The van der Waals surface area contributed by atoms with Gasteiger partial charge in [0.05, 0.1) is 0 Å². The Kier molecular flexibility index (Phi) is 4.87. The molecule has 0 spiro atoms. The minimum Gasteiger partial charge on any atom is -0.480 e. The number of hydrogen-bond acceptors (Lipinski definition) is 6. The number of aliphatic carboxylic acids is 1. The number of nitrogens with zero attached hydrogens (tertiary/aromatic N) is 2. The number of carbonyl (C=O) groups excluding carboxylic acids is 3. The Bertz CT molecular complexity index is 787. The van der Waals surface area contributed by atoms with Crippen molar-refractivity contribution in [2.45, 2.75) is 42.1 Å². The molecule has 0 aromatic heterocycles. The Morgan fingerprint density at radius 2 is 2.00 bits per heavy atom. The number of carbonyl (C=O) groups is 4. The van der Waals surface area contributed by atoms with E-state index in [1.54, 1.807) is 44.2 Å². The van der Waals surface area contributed by atoms with Gasteiger partial charge in [-0.2, -0.15) is 0 Å². The van der Waals surface area contributed by atoms with E-state index in [2.05, 4.69) is 5.32 Å². The van der Waals surface area contributed by atoms with E-state index in [-0.39, 0.29) is 0 Å². The fourth-order valence-electron chi connectivity index (χ4n) is 3.53. The van der Waals surface area contributed by atoms with Crippen molar-refractivity contribution in [3.8, 4) is 0 Å². The monoisotopic (exact) mass is 392 g/mol. The Morgan fingerprint density at radius 1 is 1.37 bits per heavy atom. The third-order valence-corrected chi connectivity index (χ3v) is 6.33. The van der Waals surface area contributed by atoms with Gasteiger partial charge >= 0.3 is 5.97 Å². The van der Waals surface area contributed by atoms with Crippen LogP contribution in [0.15, 0.2) is 30.3 Å². The molecule has 2 heterocycles.